The highest BCUT2D eigenvalue weighted by Gasteiger charge is 2.20. The number of likely N-dealkylation sites (N-methyl/N-ethyl adjacent to an activating group) is 1. The van der Waals surface area contributed by atoms with Gasteiger partial charge in [-0.05, 0) is 37.0 Å². The van der Waals surface area contributed by atoms with E-state index in [0.29, 0.717) is 19.0 Å². The van der Waals surface area contributed by atoms with E-state index in [0.717, 1.165) is 17.7 Å². The molecule has 0 unspecified atom stereocenters. The van der Waals surface area contributed by atoms with Crippen molar-refractivity contribution in [1.29, 1.82) is 0 Å². The van der Waals surface area contributed by atoms with Gasteiger partial charge in [0, 0.05) is 13.1 Å². The Bertz CT molecular complexity index is 421. The summed E-state index contributed by atoms with van der Waals surface area (Å²) in [5, 5.41) is 0. The number of nitrogens with zero attached hydrogens (tertiary/aromatic N) is 1. The normalized spacial score (nSPS) is 11.7. The molecule has 0 radical (unpaired) electrons. The summed E-state index contributed by atoms with van der Waals surface area (Å²) in [7, 11) is 1.64. The maximum atomic E-state index is 12.3. The van der Waals surface area contributed by atoms with Crippen molar-refractivity contribution >= 4 is 18.3 Å². The van der Waals surface area contributed by atoms with Crippen LogP contribution in [0.4, 0.5) is 0 Å². The van der Waals surface area contributed by atoms with Crippen LogP contribution < -0.4 is 10.5 Å². The van der Waals surface area contributed by atoms with Gasteiger partial charge in [0.05, 0.1) is 13.2 Å². The number of nitrogens with two attached hydrogens (primary N) is 1. The molecule has 0 fully saturated rings. The highest BCUT2D eigenvalue weighted by atomic mass is 35.5. The Kier molecular flexibility index (Phi) is 9.06. The molecule has 1 aromatic carbocycles. The fourth-order valence-electron chi connectivity index (χ4n) is 2.14. The number of rotatable bonds is 7. The Morgan fingerprint density at radius 3 is 2.29 bits per heavy atom. The predicted octanol–water partition coefficient (Wildman–Crippen LogP) is 2.84. The molecular formula is C16H27ClN2O2. The Morgan fingerprint density at radius 2 is 1.86 bits per heavy atom. The van der Waals surface area contributed by atoms with E-state index in [1.165, 1.54) is 0 Å². The van der Waals surface area contributed by atoms with Gasteiger partial charge in [-0.15, -0.1) is 12.4 Å². The van der Waals surface area contributed by atoms with E-state index in [9.17, 15) is 4.79 Å². The zero-order valence-electron chi connectivity index (χ0n) is 13.3. The molecule has 120 valence electrons. The van der Waals surface area contributed by atoms with Crippen molar-refractivity contribution in [1.82, 2.24) is 4.90 Å². The quantitative estimate of drug-likeness (QED) is 0.842. The molecule has 4 nitrogen and oxygen atoms in total. The van der Waals surface area contributed by atoms with Crippen molar-refractivity contribution in [2.24, 2.45) is 11.7 Å². The van der Waals surface area contributed by atoms with Crippen LogP contribution in [-0.4, -0.2) is 30.5 Å². The van der Waals surface area contributed by atoms with Gasteiger partial charge in [0.1, 0.15) is 5.75 Å². The molecule has 0 aliphatic heterocycles. The summed E-state index contributed by atoms with van der Waals surface area (Å²) in [4.78, 5) is 14.1. The Balaban J connectivity index is 0.00000400. The summed E-state index contributed by atoms with van der Waals surface area (Å²) in [6.07, 6.45) is 0.720. The molecule has 1 rings (SSSR count). The largest absolute Gasteiger partial charge is 0.497 e. The topological polar surface area (TPSA) is 55.6 Å². The molecule has 0 saturated heterocycles. The minimum atomic E-state index is -0.409. The van der Waals surface area contributed by atoms with Gasteiger partial charge >= 0.3 is 0 Å². The first-order valence-electron chi connectivity index (χ1n) is 7.15. The number of benzene rings is 1. The van der Waals surface area contributed by atoms with Crippen LogP contribution in [0.25, 0.3) is 0 Å². The summed E-state index contributed by atoms with van der Waals surface area (Å²) in [5.74, 6) is 1.27. The number of carbonyl (C=O) groups excluding carboxylic acids is 1. The predicted molar refractivity (Wildman–Crippen MR) is 88.8 cm³/mol. The van der Waals surface area contributed by atoms with E-state index in [1.54, 1.807) is 12.0 Å². The molecule has 0 saturated carbocycles. The maximum absolute atomic E-state index is 12.3. The van der Waals surface area contributed by atoms with Crippen molar-refractivity contribution in [3.05, 3.63) is 29.8 Å². The molecule has 0 bridgehead atoms. The van der Waals surface area contributed by atoms with E-state index in [-0.39, 0.29) is 18.3 Å². The molecule has 1 amide bonds. The fourth-order valence-corrected chi connectivity index (χ4v) is 2.14. The first-order chi connectivity index (χ1) is 9.47. The van der Waals surface area contributed by atoms with Gasteiger partial charge in [-0.1, -0.05) is 26.0 Å². The molecular weight excluding hydrogens is 288 g/mol. The van der Waals surface area contributed by atoms with Crippen LogP contribution in [0.5, 0.6) is 5.75 Å². The number of ether oxygens (including phenoxy) is 1. The van der Waals surface area contributed by atoms with Gasteiger partial charge in [-0.2, -0.15) is 0 Å². The Labute approximate surface area is 134 Å². The lowest BCUT2D eigenvalue weighted by Gasteiger charge is -2.25. The molecule has 1 aromatic rings. The number of hydrogen-bond donors (Lipinski definition) is 1. The number of carbonyl (C=O) groups is 1. The number of amides is 1. The summed E-state index contributed by atoms with van der Waals surface area (Å²) in [6.45, 7) is 7.38. The molecule has 0 aliphatic carbocycles. The number of hydrogen-bond acceptors (Lipinski definition) is 3. The molecule has 2 N–H and O–H groups in total. The summed E-state index contributed by atoms with van der Waals surface area (Å²) in [6, 6.07) is 7.35. The first kappa shape index (κ1) is 19.7. The number of methoxy groups -OCH3 is 1. The van der Waals surface area contributed by atoms with Gasteiger partial charge in [-0.3, -0.25) is 4.79 Å². The SMILES string of the molecule is CCN(Cc1ccc(OC)cc1)C(=O)[C@@H](N)CC(C)C.Cl. The highest BCUT2D eigenvalue weighted by molar-refractivity contribution is 5.85. The minimum absolute atomic E-state index is 0. The highest BCUT2D eigenvalue weighted by Crippen LogP contribution is 2.14. The lowest BCUT2D eigenvalue weighted by Crippen LogP contribution is -2.43. The molecule has 21 heavy (non-hydrogen) atoms. The lowest BCUT2D eigenvalue weighted by atomic mass is 10.0. The van der Waals surface area contributed by atoms with E-state index >= 15 is 0 Å². The lowest BCUT2D eigenvalue weighted by molar-refractivity contribution is -0.133. The van der Waals surface area contributed by atoms with Gasteiger partial charge in [-0.25, -0.2) is 0 Å². The van der Waals surface area contributed by atoms with E-state index in [4.69, 9.17) is 10.5 Å². The van der Waals surface area contributed by atoms with Crippen LogP contribution >= 0.6 is 12.4 Å². The van der Waals surface area contributed by atoms with Gasteiger partial charge in [0.15, 0.2) is 0 Å². The van der Waals surface area contributed by atoms with Gasteiger partial charge in [0.2, 0.25) is 5.91 Å². The van der Waals surface area contributed by atoms with Crippen molar-refractivity contribution < 1.29 is 9.53 Å². The average Bonchev–Trinajstić information content (AvgIpc) is 2.44. The standard InChI is InChI=1S/C16H26N2O2.ClH/c1-5-18(16(19)15(17)10-12(2)3)11-13-6-8-14(20-4)9-7-13;/h6-9,12,15H,5,10-11,17H2,1-4H3;1H/t15-;/m0./s1. The minimum Gasteiger partial charge on any atom is -0.497 e. The van der Waals surface area contributed by atoms with Crippen molar-refractivity contribution in [3.63, 3.8) is 0 Å². The zero-order valence-corrected chi connectivity index (χ0v) is 14.2. The van der Waals surface area contributed by atoms with Gasteiger partial charge < -0.3 is 15.4 Å². The zero-order chi connectivity index (χ0) is 15.1. The third kappa shape index (κ3) is 6.36. The molecule has 0 aliphatic rings. The van der Waals surface area contributed by atoms with Crippen LogP contribution in [0.3, 0.4) is 0 Å². The van der Waals surface area contributed by atoms with Crippen LogP contribution in [0.15, 0.2) is 24.3 Å². The first-order valence-corrected chi connectivity index (χ1v) is 7.15. The molecule has 5 heteroatoms. The smallest absolute Gasteiger partial charge is 0.239 e. The average molecular weight is 315 g/mol. The summed E-state index contributed by atoms with van der Waals surface area (Å²) in [5.41, 5.74) is 7.06. The summed E-state index contributed by atoms with van der Waals surface area (Å²) >= 11 is 0. The summed E-state index contributed by atoms with van der Waals surface area (Å²) < 4.78 is 5.13. The Morgan fingerprint density at radius 1 is 1.29 bits per heavy atom. The fraction of sp³-hybridized carbons (Fsp3) is 0.562. The van der Waals surface area contributed by atoms with Gasteiger partial charge in [0.25, 0.3) is 0 Å². The van der Waals surface area contributed by atoms with E-state index in [2.05, 4.69) is 13.8 Å². The third-order valence-corrected chi connectivity index (χ3v) is 3.27. The van der Waals surface area contributed by atoms with Crippen LogP contribution in [0.2, 0.25) is 0 Å². The van der Waals surface area contributed by atoms with E-state index in [1.807, 2.05) is 31.2 Å². The monoisotopic (exact) mass is 314 g/mol. The Hall–Kier alpha value is -1.26. The molecule has 0 heterocycles. The molecule has 0 aromatic heterocycles. The van der Waals surface area contributed by atoms with Crippen LogP contribution in [-0.2, 0) is 11.3 Å². The third-order valence-electron chi connectivity index (χ3n) is 3.27. The van der Waals surface area contributed by atoms with Crippen molar-refractivity contribution in [2.75, 3.05) is 13.7 Å². The maximum Gasteiger partial charge on any atom is 0.239 e. The van der Waals surface area contributed by atoms with Crippen LogP contribution in [0.1, 0.15) is 32.8 Å². The van der Waals surface area contributed by atoms with Crippen molar-refractivity contribution in [2.45, 2.75) is 39.8 Å². The second kappa shape index (κ2) is 9.64. The van der Waals surface area contributed by atoms with Crippen molar-refractivity contribution in [3.8, 4) is 5.75 Å². The second-order valence-electron chi connectivity index (χ2n) is 5.44. The molecule has 0 spiro atoms. The number of halogens is 1. The van der Waals surface area contributed by atoms with E-state index < -0.39 is 6.04 Å². The molecule has 1 atom stereocenters. The van der Waals surface area contributed by atoms with Crippen LogP contribution in [0, 0.1) is 5.92 Å². The second-order valence-corrected chi connectivity index (χ2v) is 5.44.